The van der Waals surface area contributed by atoms with Gasteiger partial charge in [-0.1, -0.05) is 0 Å². The zero-order valence-electron chi connectivity index (χ0n) is 5.23. The minimum atomic E-state index is -2.78. The number of amides is 1. The Kier molecular flexibility index (Phi) is 0.727. The molecule has 0 aromatic rings. The van der Waals surface area contributed by atoms with E-state index < -0.39 is 23.2 Å². The van der Waals surface area contributed by atoms with Crippen molar-refractivity contribution in [3.8, 4) is 0 Å². The van der Waals surface area contributed by atoms with Crippen molar-refractivity contribution in [2.75, 3.05) is 0 Å². The Morgan fingerprint density at radius 3 is 2.10 bits per heavy atom. The summed E-state index contributed by atoms with van der Waals surface area (Å²) in [7, 11) is 0. The summed E-state index contributed by atoms with van der Waals surface area (Å²) in [6.45, 7) is 0. The fourth-order valence-corrected chi connectivity index (χ4v) is 1.72. The molecule has 0 aromatic carbocycles. The zero-order chi connectivity index (χ0) is 7.57. The summed E-state index contributed by atoms with van der Waals surface area (Å²) in [6, 6.07) is 0. The first kappa shape index (κ1) is 6.07. The van der Waals surface area contributed by atoms with Gasteiger partial charge >= 0.3 is 0 Å². The monoisotopic (exact) mass is 147 g/mol. The van der Waals surface area contributed by atoms with E-state index >= 15 is 0 Å². The summed E-state index contributed by atoms with van der Waals surface area (Å²) in [5.41, 5.74) is 3.80. The fourth-order valence-electron chi connectivity index (χ4n) is 1.72. The molecular formula is C6H7F2NO. The average molecular weight is 147 g/mol. The number of carbonyl (C=O) groups is 1. The maximum atomic E-state index is 12.6. The van der Waals surface area contributed by atoms with Crippen molar-refractivity contribution in [1.29, 1.82) is 0 Å². The van der Waals surface area contributed by atoms with Gasteiger partial charge in [0.2, 0.25) is 5.91 Å². The van der Waals surface area contributed by atoms with E-state index in [4.69, 9.17) is 5.73 Å². The number of halogens is 2. The molecule has 10 heavy (non-hydrogen) atoms. The lowest BCUT2D eigenvalue weighted by atomic mass is 10.3. The molecule has 4 heteroatoms. The van der Waals surface area contributed by atoms with E-state index in [9.17, 15) is 13.6 Å². The van der Waals surface area contributed by atoms with Crippen LogP contribution in [0.15, 0.2) is 0 Å². The summed E-state index contributed by atoms with van der Waals surface area (Å²) < 4.78 is 25.2. The van der Waals surface area contributed by atoms with E-state index in [1.54, 1.807) is 0 Å². The molecule has 2 aliphatic carbocycles. The van der Waals surface area contributed by atoms with Gasteiger partial charge in [-0.3, -0.25) is 4.79 Å². The summed E-state index contributed by atoms with van der Waals surface area (Å²) >= 11 is 0. The third-order valence-electron chi connectivity index (χ3n) is 2.57. The predicted octanol–water partition coefficient (Wildman–Crippen LogP) is 0.517. The first-order valence-electron chi connectivity index (χ1n) is 3.19. The molecule has 1 amide bonds. The van der Waals surface area contributed by atoms with Crippen molar-refractivity contribution in [1.82, 2.24) is 0 Å². The van der Waals surface area contributed by atoms with Crippen LogP contribution >= 0.6 is 0 Å². The summed E-state index contributed by atoms with van der Waals surface area (Å²) in [5.74, 6) is -4.78. The summed E-state index contributed by atoms with van der Waals surface area (Å²) in [6.07, 6.45) is 0.932. The second-order valence-corrected chi connectivity index (χ2v) is 3.11. The lowest BCUT2D eigenvalue weighted by Gasteiger charge is -1.87. The maximum Gasteiger partial charge on any atom is 0.266 e. The van der Waals surface area contributed by atoms with Crippen LogP contribution in [0.5, 0.6) is 0 Å². The van der Waals surface area contributed by atoms with Gasteiger partial charge in [-0.15, -0.1) is 0 Å². The van der Waals surface area contributed by atoms with Gasteiger partial charge in [-0.25, -0.2) is 8.78 Å². The highest BCUT2D eigenvalue weighted by Gasteiger charge is 2.88. The summed E-state index contributed by atoms with van der Waals surface area (Å²) in [5, 5.41) is 0. The van der Waals surface area contributed by atoms with Crippen LogP contribution in [0, 0.1) is 11.3 Å². The van der Waals surface area contributed by atoms with Gasteiger partial charge in [0.15, 0.2) is 0 Å². The molecule has 0 aliphatic heterocycles. The number of nitrogens with two attached hydrogens (primary N) is 1. The molecule has 2 N–H and O–H groups in total. The molecule has 2 saturated carbocycles. The van der Waals surface area contributed by atoms with Crippen molar-refractivity contribution < 1.29 is 13.6 Å². The van der Waals surface area contributed by atoms with E-state index in [-0.39, 0.29) is 0 Å². The lowest BCUT2D eigenvalue weighted by Crippen LogP contribution is -2.17. The van der Waals surface area contributed by atoms with Gasteiger partial charge in [0.1, 0.15) is 5.92 Å². The van der Waals surface area contributed by atoms with Crippen molar-refractivity contribution in [3.05, 3.63) is 0 Å². The lowest BCUT2D eigenvalue weighted by molar-refractivity contribution is -0.121. The highest BCUT2D eigenvalue weighted by atomic mass is 19.3. The molecule has 1 unspecified atom stereocenters. The van der Waals surface area contributed by atoms with Gasteiger partial charge in [0.05, 0.1) is 5.41 Å². The van der Waals surface area contributed by atoms with Gasteiger partial charge in [-0.2, -0.15) is 0 Å². The normalized spacial score (nSPS) is 37.6. The molecule has 0 heterocycles. The molecule has 2 aliphatic rings. The van der Waals surface area contributed by atoms with Crippen LogP contribution in [0.4, 0.5) is 8.78 Å². The van der Waals surface area contributed by atoms with Gasteiger partial charge in [-0.05, 0) is 12.8 Å². The Bertz CT molecular complexity index is 206. The molecule has 56 valence electrons. The van der Waals surface area contributed by atoms with Crippen LogP contribution in [-0.2, 0) is 4.79 Å². The van der Waals surface area contributed by atoms with Crippen LogP contribution < -0.4 is 5.73 Å². The number of rotatable bonds is 1. The molecule has 2 fully saturated rings. The molecule has 1 spiro atoms. The number of hydrogen-bond acceptors (Lipinski definition) is 1. The SMILES string of the molecule is NC(=O)C1C(F)(F)C12CC2. The molecule has 0 radical (unpaired) electrons. The number of alkyl halides is 2. The van der Waals surface area contributed by atoms with Crippen LogP contribution in [0.2, 0.25) is 0 Å². The Labute approximate surface area is 56.4 Å². The molecule has 1 atom stereocenters. The number of carbonyl (C=O) groups excluding carboxylic acids is 1. The zero-order valence-corrected chi connectivity index (χ0v) is 5.23. The van der Waals surface area contributed by atoms with Crippen molar-refractivity contribution in [2.24, 2.45) is 17.1 Å². The average Bonchev–Trinajstić information content (AvgIpc) is 2.51. The molecule has 2 nitrogen and oxygen atoms in total. The van der Waals surface area contributed by atoms with Crippen LogP contribution in [0.25, 0.3) is 0 Å². The first-order valence-corrected chi connectivity index (χ1v) is 3.19. The van der Waals surface area contributed by atoms with E-state index in [0.717, 1.165) is 0 Å². The Morgan fingerprint density at radius 2 is 2.00 bits per heavy atom. The maximum absolute atomic E-state index is 12.6. The van der Waals surface area contributed by atoms with Crippen molar-refractivity contribution in [2.45, 2.75) is 18.8 Å². The Balaban J connectivity index is 2.23. The third kappa shape index (κ3) is 0.393. The second-order valence-electron chi connectivity index (χ2n) is 3.11. The highest BCUT2D eigenvalue weighted by Crippen LogP contribution is 2.79. The third-order valence-corrected chi connectivity index (χ3v) is 2.57. The topological polar surface area (TPSA) is 43.1 Å². The minimum absolute atomic E-state index is 0.466. The quantitative estimate of drug-likeness (QED) is 0.577. The van der Waals surface area contributed by atoms with Gasteiger partial charge in [0.25, 0.3) is 5.92 Å². The largest absolute Gasteiger partial charge is 0.369 e. The standard InChI is InChI=1S/C6H7F2NO/c7-6(8)3(4(9)10)5(6)1-2-5/h3H,1-2H2,(H2,9,10). The second kappa shape index (κ2) is 1.20. The van der Waals surface area contributed by atoms with Crippen LogP contribution in [0.1, 0.15) is 12.8 Å². The molecule has 0 saturated heterocycles. The van der Waals surface area contributed by atoms with Crippen LogP contribution in [0.3, 0.4) is 0 Å². The molecular weight excluding hydrogens is 140 g/mol. The Hall–Kier alpha value is -0.670. The first-order chi connectivity index (χ1) is 4.52. The van der Waals surface area contributed by atoms with Crippen molar-refractivity contribution >= 4 is 5.91 Å². The van der Waals surface area contributed by atoms with Crippen molar-refractivity contribution in [3.63, 3.8) is 0 Å². The van der Waals surface area contributed by atoms with E-state index in [1.807, 2.05) is 0 Å². The Morgan fingerprint density at radius 1 is 1.50 bits per heavy atom. The van der Waals surface area contributed by atoms with Gasteiger partial charge in [0, 0.05) is 0 Å². The molecule has 0 bridgehead atoms. The minimum Gasteiger partial charge on any atom is -0.369 e. The molecule has 2 rings (SSSR count). The van der Waals surface area contributed by atoms with E-state index in [1.165, 1.54) is 0 Å². The smallest absolute Gasteiger partial charge is 0.266 e. The predicted molar refractivity (Wildman–Crippen MR) is 29.3 cm³/mol. The van der Waals surface area contributed by atoms with E-state index in [0.29, 0.717) is 12.8 Å². The molecule has 0 aromatic heterocycles. The van der Waals surface area contributed by atoms with E-state index in [2.05, 4.69) is 0 Å². The van der Waals surface area contributed by atoms with Gasteiger partial charge < -0.3 is 5.73 Å². The fraction of sp³-hybridized carbons (Fsp3) is 0.833. The number of primary amides is 1. The highest BCUT2D eigenvalue weighted by molar-refractivity contribution is 5.84. The summed E-state index contributed by atoms with van der Waals surface area (Å²) in [4.78, 5) is 10.4. The van der Waals surface area contributed by atoms with Crippen LogP contribution in [-0.4, -0.2) is 11.8 Å². The number of hydrogen-bond donors (Lipinski definition) is 1.